The molecule has 118 valence electrons. The zero-order valence-electron chi connectivity index (χ0n) is 13.0. The van der Waals surface area contributed by atoms with Crippen molar-refractivity contribution in [3.63, 3.8) is 0 Å². The first-order valence-electron chi connectivity index (χ1n) is 7.71. The molecule has 1 aliphatic rings. The second-order valence-electron chi connectivity index (χ2n) is 6.13. The van der Waals surface area contributed by atoms with Crippen LogP contribution < -0.4 is 9.47 Å². The molecule has 2 unspecified atom stereocenters. The van der Waals surface area contributed by atoms with Gasteiger partial charge in [-0.05, 0) is 71.6 Å². The maximum Gasteiger partial charge on any atom is 0.175 e. The minimum absolute atomic E-state index is 0.265. The molecule has 1 aliphatic carbocycles. The number of hydrogen-bond donors (Lipinski definition) is 0. The lowest BCUT2D eigenvalue weighted by Crippen LogP contribution is -2.28. The molecular weight excluding hydrogens is 352 g/mol. The Hall–Kier alpha value is -0.410. The van der Waals surface area contributed by atoms with Crippen molar-refractivity contribution in [2.45, 2.75) is 52.0 Å². The third-order valence-electron chi connectivity index (χ3n) is 3.94. The van der Waals surface area contributed by atoms with Gasteiger partial charge in [0, 0.05) is 5.88 Å². The van der Waals surface area contributed by atoms with E-state index in [1.54, 1.807) is 0 Å². The SMILES string of the molecule is CCOc1cc(CCl)cc(Br)c1OC1CC(C)CC(C)C1. The van der Waals surface area contributed by atoms with Crippen molar-refractivity contribution < 1.29 is 9.47 Å². The zero-order chi connectivity index (χ0) is 15.4. The van der Waals surface area contributed by atoms with Gasteiger partial charge in [-0.1, -0.05) is 13.8 Å². The number of halogens is 2. The predicted molar refractivity (Wildman–Crippen MR) is 91.5 cm³/mol. The van der Waals surface area contributed by atoms with Gasteiger partial charge in [0.25, 0.3) is 0 Å². The Morgan fingerprint density at radius 3 is 2.43 bits per heavy atom. The average Bonchev–Trinajstić information content (AvgIpc) is 2.41. The van der Waals surface area contributed by atoms with Gasteiger partial charge in [0.1, 0.15) is 0 Å². The molecule has 0 aromatic heterocycles. The standard InChI is InChI=1S/C17H24BrClO2/c1-4-20-16-9-13(10-19)8-15(18)17(16)21-14-6-11(2)5-12(3)7-14/h8-9,11-12,14H,4-7,10H2,1-3H3. The molecule has 0 N–H and O–H groups in total. The highest BCUT2D eigenvalue weighted by Crippen LogP contribution is 2.40. The van der Waals surface area contributed by atoms with E-state index in [0.717, 1.165) is 46.2 Å². The van der Waals surface area contributed by atoms with E-state index in [1.807, 2.05) is 19.1 Å². The van der Waals surface area contributed by atoms with Crippen molar-refractivity contribution in [1.82, 2.24) is 0 Å². The van der Waals surface area contributed by atoms with Crippen molar-refractivity contribution in [2.75, 3.05) is 6.61 Å². The van der Waals surface area contributed by atoms with Gasteiger partial charge in [0.05, 0.1) is 17.2 Å². The summed E-state index contributed by atoms with van der Waals surface area (Å²) in [6.07, 6.45) is 3.78. The Kier molecular flexibility index (Phi) is 6.24. The molecule has 1 saturated carbocycles. The molecule has 1 aromatic carbocycles. The Morgan fingerprint density at radius 1 is 1.19 bits per heavy atom. The average molecular weight is 376 g/mol. The number of ether oxygens (including phenoxy) is 2. The predicted octanol–water partition coefficient (Wildman–Crippen LogP) is 5.79. The Balaban J connectivity index is 2.21. The van der Waals surface area contributed by atoms with Crippen LogP contribution in [0, 0.1) is 11.8 Å². The lowest BCUT2D eigenvalue weighted by molar-refractivity contribution is 0.0964. The van der Waals surface area contributed by atoms with Gasteiger partial charge in [-0.3, -0.25) is 0 Å². The maximum absolute atomic E-state index is 6.30. The van der Waals surface area contributed by atoms with E-state index in [9.17, 15) is 0 Å². The second-order valence-corrected chi connectivity index (χ2v) is 7.25. The maximum atomic E-state index is 6.30. The molecule has 0 amide bonds. The summed E-state index contributed by atoms with van der Waals surface area (Å²) in [6, 6.07) is 3.99. The molecule has 2 atom stereocenters. The lowest BCUT2D eigenvalue weighted by atomic mass is 9.82. The van der Waals surface area contributed by atoms with Gasteiger partial charge >= 0.3 is 0 Å². The lowest BCUT2D eigenvalue weighted by Gasteiger charge is -2.32. The molecule has 2 rings (SSSR count). The van der Waals surface area contributed by atoms with Crippen molar-refractivity contribution in [1.29, 1.82) is 0 Å². The molecule has 1 fully saturated rings. The van der Waals surface area contributed by atoms with Crippen LogP contribution in [0.2, 0.25) is 0 Å². The zero-order valence-corrected chi connectivity index (χ0v) is 15.3. The minimum Gasteiger partial charge on any atom is -0.490 e. The Bertz CT molecular complexity index is 468. The smallest absolute Gasteiger partial charge is 0.175 e. The third kappa shape index (κ3) is 4.53. The van der Waals surface area contributed by atoms with E-state index < -0.39 is 0 Å². The van der Waals surface area contributed by atoms with Crippen LogP contribution in [0.5, 0.6) is 11.5 Å². The molecule has 0 heterocycles. The van der Waals surface area contributed by atoms with Crippen LogP contribution in [0.1, 0.15) is 45.6 Å². The molecule has 21 heavy (non-hydrogen) atoms. The minimum atomic E-state index is 0.265. The van der Waals surface area contributed by atoms with Gasteiger partial charge < -0.3 is 9.47 Å². The van der Waals surface area contributed by atoms with Crippen LogP contribution in [-0.4, -0.2) is 12.7 Å². The van der Waals surface area contributed by atoms with Crippen LogP contribution in [0.15, 0.2) is 16.6 Å². The summed E-state index contributed by atoms with van der Waals surface area (Å²) in [7, 11) is 0. The topological polar surface area (TPSA) is 18.5 Å². The van der Waals surface area contributed by atoms with E-state index >= 15 is 0 Å². The fourth-order valence-electron chi connectivity index (χ4n) is 3.21. The molecule has 0 aliphatic heterocycles. The molecule has 1 aromatic rings. The highest BCUT2D eigenvalue weighted by Gasteiger charge is 2.27. The quantitative estimate of drug-likeness (QED) is 0.606. The van der Waals surface area contributed by atoms with E-state index in [1.165, 1.54) is 6.42 Å². The van der Waals surface area contributed by atoms with Crippen LogP contribution in [-0.2, 0) is 5.88 Å². The van der Waals surface area contributed by atoms with Gasteiger partial charge in [-0.25, -0.2) is 0 Å². The summed E-state index contributed by atoms with van der Waals surface area (Å²) in [5, 5.41) is 0. The van der Waals surface area contributed by atoms with Gasteiger partial charge in [-0.15, -0.1) is 11.6 Å². The first-order chi connectivity index (χ1) is 10.0. The van der Waals surface area contributed by atoms with Gasteiger partial charge in [-0.2, -0.15) is 0 Å². The molecule has 2 nitrogen and oxygen atoms in total. The normalized spacial score (nSPS) is 25.7. The molecular formula is C17H24BrClO2. The van der Waals surface area contributed by atoms with E-state index in [0.29, 0.717) is 12.5 Å². The monoisotopic (exact) mass is 374 g/mol. The molecule has 0 radical (unpaired) electrons. The van der Waals surface area contributed by atoms with Gasteiger partial charge in [0.15, 0.2) is 11.5 Å². The molecule has 0 bridgehead atoms. The second kappa shape index (κ2) is 7.73. The van der Waals surface area contributed by atoms with E-state index in [4.69, 9.17) is 21.1 Å². The van der Waals surface area contributed by atoms with Crippen LogP contribution >= 0.6 is 27.5 Å². The summed E-state index contributed by atoms with van der Waals surface area (Å²) < 4.78 is 13.0. The number of alkyl halides is 1. The van der Waals surface area contributed by atoms with Crippen molar-refractivity contribution >= 4 is 27.5 Å². The summed E-state index contributed by atoms with van der Waals surface area (Å²) in [5.41, 5.74) is 1.03. The fraction of sp³-hybridized carbons (Fsp3) is 0.647. The van der Waals surface area contributed by atoms with Crippen molar-refractivity contribution in [3.05, 3.63) is 22.2 Å². The largest absolute Gasteiger partial charge is 0.490 e. The number of benzene rings is 1. The summed E-state index contributed by atoms with van der Waals surface area (Å²) in [6.45, 7) is 7.21. The molecule has 0 spiro atoms. The number of hydrogen-bond acceptors (Lipinski definition) is 2. The molecule has 0 saturated heterocycles. The highest BCUT2D eigenvalue weighted by atomic mass is 79.9. The summed E-state index contributed by atoms with van der Waals surface area (Å²) in [4.78, 5) is 0. The Labute approximate surface area is 141 Å². The fourth-order valence-corrected chi connectivity index (χ4v) is 3.95. The Morgan fingerprint density at radius 2 is 1.86 bits per heavy atom. The van der Waals surface area contributed by atoms with Gasteiger partial charge in [0.2, 0.25) is 0 Å². The van der Waals surface area contributed by atoms with Crippen LogP contribution in [0.4, 0.5) is 0 Å². The van der Waals surface area contributed by atoms with Crippen molar-refractivity contribution in [3.8, 4) is 11.5 Å². The van der Waals surface area contributed by atoms with Crippen LogP contribution in [0.25, 0.3) is 0 Å². The first-order valence-corrected chi connectivity index (χ1v) is 9.04. The number of rotatable bonds is 5. The molecule has 4 heteroatoms. The summed E-state index contributed by atoms with van der Waals surface area (Å²) in [5.74, 6) is 3.51. The van der Waals surface area contributed by atoms with E-state index in [-0.39, 0.29) is 6.10 Å². The first kappa shape index (κ1) is 17.0. The summed E-state index contributed by atoms with van der Waals surface area (Å²) >= 11 is 9.54. The highest BCUT2D eigenvalue weighted by molar-refractivity contribution is 9.10. The van der Waals surface area contributed by atoms with Crippen LogP contribution in [0.3, 0.4) is 0 Å². The third-order valence-corrected chi connectivity index (χ3v) is 4.84. The van der Waals surface area contributed by atoms with E-state index in [2.05, 4.69) is 29.8 Å². The van der Waals surface area contributed by atoms with Crippen molar-refractivity contribution in [2.24, 2.45) is 11.8 Å².